The lowest BCUT2D eigenvalue weighted by atomic mass is 10.0. The third-order valence-corrected chi connectivity index (χ3v) is 4.09. The Bertz CT molecular complexity index is 390. The lowest BCUT2D eigenvalue weighted by molar-refractivity contribution is 0.340. The topological polar surface area (TPSA) is 24.5 Å². The van der Waals surface area contributed by atoms with Gasteiger partial charge in [-0.25, -0.2) is 0 Å². The zero-order chi connectivity index (χ0) is 14.4. The molecule has 0 amide bonds. The van der Waals surface area contributed by atoms with E-state index in [1.165, 1.54) is 24.9 Å². The number of benzene rings is 1. The molecule has 0 bridgehead atoms. The van der Waals surface area contributed by atoms with Crippen LogP contribution in [-0.2, 0) is 0 Å². The first-order chi connectivity index (χ1) is 9.78. The zero-order valence-electron chi connectivity index (χ0n) is 13.1. The summed E-state index contributed by atoms with van der Waals surface area (Å²) in [5.41, 5.74) is 1.32. The Morgan fingerprint density at radius 3 is 2.55 bits per heavy atom. The van der Waals surface area contributed by atoms with E-state index in [-0.39, 0.29) is 0 Å². The highest BCUT2D eigenvalue weighted by Gasteiger charge is 2.26. The van der Waals surface area contributed by atoms with Crippen LogP contribution in [0.1, 0.15) is 40.0 Å². The largest absolute Gasteiger partial charge is 0.494 e. The molecule has 1 aromatic rings. The van der Waals surface area contributed by atoms with Crippen molar-refractivity contribution in [3.05, 3.63) is 24.3 Å². The molecule has 1 N–H and O–H groups in total. The van der Waals surface area contributed by atoms with E-state index in [1.54, 1.807) is 0 Å². The molecule has 2 atom stereocenters. The molecule has 2 rings (SSSR count). The smallest absolute Gasteiger partial charge is 0.119 e. The van der Waals surface area contributed by atoms with Crippen molar-refractivity contribution in [2.24, 2.45) is 0 Å². The van der Waals surface area contributed by atoms with Crippen molar-refractivity contribution in [1.82, 2.24) is 5.32 Å². The number of piperazine rings is 1. The standard InChI is InChI=1S/C17H28N2O/c1-4-7-14-13-19(15(5-2)12-18-14)16-8-10-17(11-9-16)20-6-3/h8-11,14-15,18H,4-7,12-13H2,1-3H3. The monoisotopic (exact) mass is 276 g/mol. The number of nitrogens with zero attached hydrogens (tertiary/aromatic N) is 1. The molecule has 1 aromatic carbocycles. The molecular formula is C17H28N2O. The first kappa shape index (κ1) is 15.2. The number of hydrogen-bond donors (Lipinski definition) is 1. The third kappa shape index (κ3) is 3.66. The Morgan fingerprint density at radius 2 is 1.95 bits per heavy atom. The fourth-order valence-electron chi connectivity index (χ4n) is 2.99. The first-order valence-electron chi connectivity index (χ1n) is 8.01. The van der Waals surface area contributed by atoms with Gasteiger partial charge in [-0.2, -0.15) is 0 Å². The number of hydrogen-bond acceptors (Lipinski definition) is 3. The lowest BCUT2D eigenvalue weighted by Gasteiger charge is -2.42. The molecule has 2 unspecified atom stereocenters. The minimum Gasteiger partial charge on any atom is -0.494 e. The SMILES string of the molecule is CCCC1CN(c2ccc(OCC)cc2)C(CC)CN1. The average Bonchev–Trinajstić information content (AvgIpc) is 2.49. The van der Waals surface area contributed by atoms with Crippen LogP contribution in [0.5, 0.6) is 5.75 Å². The van der Waals surface area contributed by atoms with E-state index < -0.39 is 0 Å². The molecule has 0 saturated carbocycles. The Hall–Kier alpha value is -1.22. The molecule has 1 aliphatic rings. The summed E-state index contributed by atoms with van der Waals surface area (Å²) in [6.45, 7) is 9.48. The first-order valence-corrected chi connectivity index (χ1v) is 8.01. The molecule has 0 aromatic heterocycles. The second kappa shape index (κ2) is 7.53. The molecule has 3 heteroatoms. The van der Waals surface area contributed by atoms with E-state index in [2.05, 4.69) is 48.3 Å². The van der Waals surface area contributed by atoms with Crippen molar-refractivity contribution >= 4 is 5.69 Å². The fraction of sp³-hybridized carbons (Fsp3) is 0.647. The van der Waals surface area contributed by atoms with E-state index in [9.17, 15) is 0 Å². The molecule has 112 valence electrons. The summed E-state index contributed by atoms with van der Waals surface area (Å²) in [6.07, 6.45) is 3.68. The summed E-state index contributed by atoms with van der Waals surface area (Å²) in [7, 11) is 0. The Kier molecular flexibility index (Phi) is 5.72. The summed E-state index contributed by atoms with van der Waals surface area (Å²) in [5, 5.41) is 3.69. The van der Waals surface area contributed by atoms with Crippen molar-refractivity contribution < 1.29 is 4.74 Å². The van der Waals surface area contributed by atoms with Crippen LogP contribution in [0.3, 0.4) is 0 Å². The lowest BCUT2D eigenvalue weighted by Crippen LogP contribution is -2.56. The van der Waals surface area contributed by atoms with Crippen molar-refractivity contribution in [2.45, 2.75) is 52.1 Å². The maximum atomic E-state index is 5.53. The van der Waals surface area contributed by atoms with Crippen LogP contribution < -0.4 is 15.0 Å². The molecule has 3 nitrogen and oxygen atoms in total. The molecule has 1 saturated heterocycles. The predicted molar refractivity (Wildman–Crippen MR) is 85.7 cm³/mol. The van der Waals surface area contributed by atoms with Crippen molar-refractivity contribution in [1.29, 1.82) is 0 Å². The molecule has 1 fully saturated rings. The molecule has 20 heavy (non-hydrogen) atoms. The van der Waals surface area contributed by atoms with Crippen LogP contribution in [0, 0.1) is 0 Å². The van der Waals surface area contributed by atoms with Gasteiger partial charge in [-0.15, -0.1) is 0 Å². The van der Waals surface area contributed by atoms with Gasteiger partial charge in [-0.3, -0.25) is 0 Å². The summed E-state index contributed by atoms with van der Waals surface area (Å²) in [4.78, 5) is 2.56. The van der Waals surface area contributed by atoms with Crippen LogP contribution in [0.25, 0.3) is 0 Å². The highest BCUT2D eigenvalue weighted by molar-refractivity contribution is 5.50. The van der Waals surface area contributed by atoms with Gasteiger partial charge < -0.3 is 15.0 Å². The molecule has 0 radical (unpaired) electrons. The maximum Gasteiger partial charge on any atom is 0.119 e. The predicted octanol–water partition coefficient (Wildman–Crippen LogP) is 3.44. The summed E-state index contributed by atoms with van der Waals surface area (Å²) in [6, 6.07) is 9.78. The van der Waals surface area contributed by atoms with Crippen LogP contribution >= 0.6 is 0 Å². The van der Waals surface area contributed by atoms with E-state index in [0.717, 1.165) is 25.4 Å². The van der Waals surface area contributed by atoms with Gasteiger partial charge in [0.15, 0.2) is 0 Å². The van der Waals surface area contributed by atoms with Crippen LogP contribution in [0.2, 0.25) is 0 Å². The normalized spacial score (nSPS) is 22.9. The highest BCUT2D eigenvalue weighted by atomic mass is 16.5. The number of nitrogens with one attached hydrogen (secondary N) is 1. The molecule has 0 spiro atoms. The third-order valence-electron chi connectivity index (χ3n) is 4.09. The average molecular weight is 276 g/mol. The Labute approximate surface area is 123 Å². The van der Waals surface area contributed by atoms with Crippen LogP contribution in [0.4, 0.5) is 5.69 Å². The van der Waals surface area contributed by atoms with Crippen molar-refractivity contribution in [3.8, 4) is 5.75 Å². The van der Waals surface area contributed by atoms with Gasteiger partial charge in [0.1, 0.15) is 5.75 Å². The van der Waals surface area contributed by atoms with Gasteiger partial charge in [-0.05, 0) is 44.0 Å². The Balaban J connectivity index is 2.09. The summed E-state index contributed by atoms with van der Waals surface area (Å²) in [5.74, 6) is 0.963. The van der Waals surface area contributed by atoms with E-state index in [4.69, 9.17) is 4.74 Å². The number of anilines is 1. The van der Waals surface area contributed by atoms with E-state index >= 15 is 0 Å². The number of rotatable bonds is 6. The van der Waals surface area contributed by atoms with Gasteiger partial charge in [0.2, 0.25) is 0 Å². The molecule has 1 heterocycles. The second-order valence-corrected chi connectivity index (χ2v) is 5.54. The minimum atomic E-state index is 0.598. The fourth-order valence-corrected chi connectivity index (χ4v) is 2.99. The minimum absolute atomic E-state index is 0.598. The van der Waals surface area contributed by atoms with Crippen LogP contribution in [-0.4, -0.2) is 31.8 Å². The van der Waals surface area contributed by atoms with E-state index in [0.29, 0.717) is 12.1 Å². The summed E-state index contributed by atoms with van der Waals surface area (Å²) < 4.78 is 5.53. The van der Waals surface area contributed by atoms with Gasteiger partial charge in [0.05, 0.1) is 6.61 Å². The Morgan fingerprint density at radius 1 is 1.20 bits per heavy atom. The van der Waals surface area contributed by atoms with Crippen LogP contribution in [0.15, 0.2) is 24.3 Å². The molecule has 1 aliphatic heterocycles. The molecule has 0 aliphatic carbocycles. The number of ether oxygens (including phenoxy) is 1. The second-order valence-electron chi connectivity index (χ2n) is 5.54. The molecular weight excluding hydrogens is 248 g/mol. The van der Waals surface area contributed by atoms with Crippen molar-refractivity contribution in [3.63, 3.8) is 0 Å². The highest BCUT2D eigenvalue weighted by Crippen LogP contribution is 2.25. The van der Waals surface area contributed by atoms with Gasteiger partial charge in [0.25, 0.3) is 0 Å². The maximum absolute atomic E-state index is 5.53. The zero-order valence-corrected chi connectivity index (χ0v) is 13.1. The van der Waals surface area contributed by atoms with E-state index in [1.807, 2.05) is 6.92 Å². The van der Waals surface area contributed by atoms with Gasteiger partial charge >= 0.3 is 0 Å². The quantitative estimate of drug-likeness (QED) is 0.861. The van der Waals surface area contributed by atoms with Gasteiger partial charge in [0, 0.05) is 30.9 Å². The van der Waals surface area contributed by atoms with Crippen molar-refractivity contribution in [2.75, 3.05) is 24.6 Å². The van der Waals surface area contributed by atoms with Gasteiger partial charge in [-0.1, -0.05) is 20.3 Å². The summed E-state index contributed by atoms with van der Waals surface area (Å²) >= 11 is 0.